The molecule has 3 aromatic carbocycles. The van der Waals surface area contributed by atoms with Crippen LogP contribution in [0, 0.1) is 0 Å². The molecule has 116 valence electrons. The summed E-state index contributed by atoms with van der Waals surface area (Å²) >= 11 is 0. The van der Waals surface area contributed by atoms with Gasteiger partial charge >= 0.3 is 5.97 Å². The molecule has 0 saturated heterocycles. The molecule has 0 aliphatic rings. The van der Waals surface area contributed by atoms with E-state index >= 15 is 0 Å². The smallest absolute Gasteiger partial charge is 0.357 e. The predicted molar refractivity (Wildman–Crippen MR) is 94.8 cm³/mol. The lowest BCUT2D eigenvalue weighted by Crippen LogP contribution is -2.07. The van der Waals surface area contributed by atoms with Crippen LogP contribution in [0.2, 0.25) is 0 Å². The Morgan fingerprint density at radius 3 is 2.38 bits per heavy atom. The van der Waals surface area contributed by atoms with E-state index in [4.69, 9.17) is 4.74 Å². The van der Waals surface area contributed by atoms with Crippen LogP contribution in [-0.2, 0) is 11.3 Å². The predicted octanol–water partition coefficient (Wildman–Crippen LogP) is 4.75. The second-order valence-electron chi connectivity index (χ2n) is 5.62. The summed E-state index contributed by atoms with van der Waals surface area (Å²) in [6.45, 7) is 0.245. The fourth-order valence-electron chi connectivity index (χ4n) is 2.77. The summed E-state index contributed by atoms with van der Waals surface area (Å²) in [5, 5.41) is 3.15. The summed E-state index contributed by atoms with van der Waals surface area (Å²) in [5.74, 6) is -0.409. The van der Waals surface area contributed by atoms with Crippen molar-refractivity contribution in [2.75, 3.05) is 0 Å². The van der Waals surface area contributed by atoms with E-state index in [1.54, 1.807) is 6.07 Å². The third-order valence-electron chi connectivity index (χ3n) is 4.01. The lowest BCUT2D eigenvalue weighted by atomic mass is 10.1. The van der Waals surface area contributed by atoms with E-state index in [-0.39, 0.29) is 6.61 Å². The number of carbonyl (C=O) groups excluding carboxylic acids is 1. The Kier molecular flexibility index (Phi) is 3.67. The lowest BCUT2D eigenvalue weighted by molar-refractivity contribution is 0.0466. The van der Waals surface area contributed by atoms with Gasteiger partial charge in [-0.1, -0.05) is 72.8 Å². The topological polar surface area (TPSA) is 39.2 Å². The van der Waals surface area contributed by atoms with Crippen LogP contribution in [0.3, 0.4) is 0 Å². The molecule has 3 heteroatoms. The van der Waals surface area contributed by atoms with Gasteiger partial charge in [-0.05, 0) is 17.0 Å². The summed E-state index contributed by atoms with van der Waals surface area (Å²) in [7, 11) is 0. The summed E-state index contributed by atoms with van der Waals surface area (Å²) < 4.78 is 5.37. The van der Waals surface area contributed by atoms with E-state index in [2.05, 4.69) is 11.1 Å². The third-order valence-corrected chi connectivity index (χ3v) is 4.01. The number of ether oxygens (including phenoxy) is 1. The number of nitrogens with zero attached hydrogens (tertiary/aromatic N) is 1. The number of hydrogen-bond acceptors (Lipinski definition) is 3. The van der Waals surface area contributed by atoms with Crippen LogP contribution in [0.15, 0.2) is 78.9 Å². The van der Waals surface area contributed by atoms with Crippen molar-refractivity contribution in [1.29, 1.82) is 0 Å². The molecule has 4 aromatic rings. The van der Waals surface area contributed by atoms with Crippen molar-refractivity contribution in [3.8, 4) is 0 Å². The lowest BCUT2D eigenvalue weighted by Gasteiger charge is -2.07. The number of aromatic nitrogens is 1. The number of esters is 1. The maximum Gasteiger partial charge on any atom is 0.357 e. The molecule has 0 bridgehead atoms. The van der Waals surface area contributed by atoms with Gasteiger partial charge in [0.2, 0.25) is 0 Å². The first-order valence-corrected chi connectivity index (χ1v) is 7.81. The summed E-state index contributed by atoms with van der Waals surface area (Å²) in [6.07, 6.45) is 0. The molecule has 0 saturated carbocycles. The van der Waals surface area contributed by atoms with E-state index in [9.17, 15) is 4.79 Å². The molecule has 1 aromatic heterocycles. The second kappa shape index (κ2) is 6.13. The molecule has 0 N–H and O–H groups in total. The molecule has 0 radical (unpaired) electrons. The Labute approximate surface area is 139 Å². The molecular weight excluding hydrogens is 298 g/mol. The van der Waals surface area contributed by atoms with Gasteiger partial charge in [-0.3, -0.25) is 0 Å². The molecule has 0 spiro atoms. The number of benzene rings is 3. The largest absolute Gasteiger partial charge is 0.456 e. The van der Waals surface area contributed by atoms with Crippen molar-refractivity contribution in [2.24, 2.45) is 0 Å². The monoisotopic (exact) mass is 313 g/mol. The Morgan fingerprint density at radius 1 is 0.792 bits per heavy atom. The Morgan fingerprint density at radius 2 is 1.50 bits per heavy atom. The molecule has 0 atom stereocenters. The normalized spacial score (nSPS) is 10.8. The summed E-state index contributed by atoms with van der Waals surface area (Å²) in [5.41, 5.74) is 2.11. The molecule has 0 amide bonds. The van der Waals surface area contributed by atoms with Crippen LogP contribution in [0.4, 0.5) is 0 Å². The standard InChI is InChI=1S/C21H15NO2/c23-21(24-14-15-6-2-1-3-7-15)19-13-12-17-11-10-16-8-4-5-9-18(16)20(17)22-19/h1-13H,14H2. The average Bonchev–Trinajstić information content (AvgIpc) is 2.66. The first-order valence-electron chi connectivity index (χ1n) is 7.81. The van der Waals surface area contributed by atoms with Gasteiger partial charge in [0.05, 0.1) is 5.52 Å². The van der Waals surface area contributed by atoms with Crippen LogP contribution < -0.4 is 0 Å². The van der Waals surface area contributed by atoms with E-state index in [0.717, 1.165) is 27.2 Å². The van der Waals surface area contributed by atoms with E-state index in [0.29, 0.717) is 5.69 Å². The van der Waals surface area contributed by atoms with Gasteiger partial charge in [-0.25, -0.2) is 9.78 Å². The minimum absolute atomic E-state index is 0.245. The first kappa shape index (κ1) is 14.4. The zero-order valence-electron chi connectivity index (χ0n) is 13.0. The van der Waals surface area contributed by atoms with Crippen molar-refractivity contribution in [2.45, 2.75) is 6.61 Å². The first-order chi connectivity index (χ1) is 11.8. The quantitative estimate of drug-likeness (QED) is 0.405. The molecule has 0 aliphatic heterocycles. The number of fused-ring (bicyclic) bond motifs is 3. The molecular formula is C21H15NO2. The molecule has 4 rings (SSSR count). The van der Waals surface area contributed by atoms with Crippen molar-refractivity contribution in [3.05, 3.63) is 90.1 Å². The third kappa shape index (κ3) is 2.72. The minimum Gasteiger partial charge on any atom is -0.456 e. The van der Waals surface area contributed by atoms with Crippen molar-refractivity contribution < 1.29 is 9.53 Å². The van der Waals surface area contributed by atoms with E-state index in [1.165, 1.54) is 0 Å². The zero-order chi connectivity index (χ0) is 16.4. The Hall–Kier alpha value is -3.20. The van der Waals surface area contributed by atoms with Gasteiger partial charge < -0.3 is 4.74 Å². The highest BCUT2D eigenvalue weighted by atomic mass is 16.5. The van der Waals surface area contributed by atoms with E-state index in [1.807, 2.05) is 66.7 Å². The second-order valence-corrected chi connectivity index (χ2v) is 5.62. The maximum atomic E-state index is 12.3. The van der Waals surface area contributed by atoms with Gasteiger partial charge in [-0.15, -0.1) is 0 Å². The van der Waals surface area contributed by atoms with Gasteiger partial charge in [0, 0.05) is 10.8 Å². The average molecular weight is 313 g/mol. The van der Waals surface area contributed by atoms with Gasteiger partial charge in [-0.2, -0.15) is 0 Å². The fourth-order valence-corrected chi connectivity index (χ4v) is 2.77. The van der Waals surface area contributed by atoms with Crippen molar-refractivity contribution >= 4 is 27.6 Å². The van der Waals surface area contributed by atoms with Gasteiger partial charge in [0.25, 0.3) is 0 Å². The van der Waals surface area contributed by atoms with Crippen LogP contribution in [0.25, 0.3) is 21.7 Å². The Bertz CT molecular complexity index is 1030. The van der Waals surface area contributed by atoms with Gasteiger partial charge in [0.1, 0.15) is 12.3 Å². The highest BCUT2D eigenvalue weighted by molar-refractivity contribution is 6.06. The summed E-state index contributed by atoms with van der Waals surface area (Å²) in [6, 6.07) is 25.4. The van der Waals surface area contributed by atoms with E-state index < -0.39 is 5.97 Å². The zero-order valence-corrected chi connectivity index (χ0v) is 13.0. The number of carbonyl (C=O) groups is 1. The number of hydrogen-bond donors (Lipinski definition) is 0. The highest BCUT2D eigenvalue weighted by Gasteiger charge is 2.11. The molecule has 3 nitrogen and oxygen atoms in total. The number of pyridine rings is 1. The van der Waals surface area contributed by atoms with Crippen molar-refractivity contribution in [3.63, 3.8) is 0 Å². The molecule has 0 unspecified atom stereocenters. The van der Waals surface area contributed by atoms with Crippen LogP contribution in [0.5, 0.6) is 0 Å². The van der Waals surface area contributed by atoms with Crippen molar-refractivity contribution in [1.82, 2.24) is 4.98 Å². The molecule has 24 heavy (non-hydrogen) atoms. The van der Waals surface area contributed by atoms with Crippen LogP contribution in [-0.4, -0.2) is 11.0 Å². The maximum absolute atomic E-state index is 12.3. The Balaban J connectivity index is 1.66. The van der Waals surface area contributed by atoms with Crippen LogP contribution >= 0.6 is 0 Å². The van der Waals surface area contributed by atoms with Gasteiger partial charge in [0.15, 0.2) is 0 Å². The minimum atomic E-state index is -0.409. The summed E-state index contributed by atoms with van der Waals surface area (Å²) in [4.78, 5) is 16.9. The number of rotatable bonds is 3. The fraction of sp³-hybridized carbons (Fsp3) is 0.0476. The van der Waals surface area contributed by atoms with Crippen LogP contribution in [0.1, 0.15) is 16.1 Å². The molecule has 0 fully saturated rings. The molecule has 1 heterocycles. The molecule has 0 aliphatic carbocycles. The SMILES string of the molecule is O=C(OCc1ccccc1)c1ccc2ccc3ccccc3c2n1. The highest BCUT2D eigenvalue weighted by Crippen LogP contribution is 2.24.